The normalized spacial score (nSPS) is 11.5. The van der Waals surface area contributed by atoms with Crippen LogP contribution in [0.4, 0.5) is 0 Å². The zero-order valence-electron chi connectivity index (χ0n) is 42.4. The van der Waals surface area contributed by atoms with E-state index < -0.39 is 30.0 Å². The Kier molecular flexibility index (Phi) is 31.2. The Balaban J connectivity index is 1.34. The lowest BCUT2D eigenvalue weighted by Gasteiger charge is -2.18. The third-order valence-electron chi connectivity index (χ3n) is 10.5. The molecule has 0 fully saturated rings. The Bertz CT molecular complexity index is 2010. The molecule has 15 heteroatoms. The van der Waals surface area contributed by atoms with Crippen molar-refractivity contribution < 1.29 is 71.4 Å². The SMILES string of the molecule is CCOC(=O)C=Cc1ccc(OCCCCCCC(=O)OCC(COC(=O)CCCCCCOc2ccc(C=CC(=O)OCC)cc2)OC(=O)CCCCCCOc2ccc(C=CC(=O)OCC)cc2)cc1. The molecule has 0 aromatic heterocycles. The second-order valence-corrected chi connectivity index (χ2v) is 16.5. The van der Waals surface area contributed by atoms with E-state index in [1.165, 1.54) is 18.2 Å². The highest BCUT2D eigenvalue weighted by atomic mass is 16.6. The van der Waals surface area contributed by atoms with Gasteiger partial charge in [0.2, 0.25) is 0 Å². The Hall–Kier alpha value is -6.90. The van der Waals surface area contributed by atoms with E-state index in [2.05, 4.69) is 0 Å². The second kappa shape index (κ2) is 37.9. The van der Waals surface area contributed by atoms with Crippen LogP contribution in [0, 0.1) is 0 Å². The number of hydrogen-bond acceptors (Lipinski definition) is 15. The summed E-state index contributed by atoms with van der Waals surface area (Å²) in [4.78, 5) is 72.8. The van der Waals surface area contributed by atoms with Crippen LogP contribution in [0.25, 0.3) is 18.2 Å². The Morgan fingerprint density at radius 3 is 0.972 bits per heavy atom. The molecule has 0 spiro atoms. The number of hydrogen-bond donors (Lipinski definition) is 0. The molecular formula is C57H74O15. The second-order valence-electron chi connectivity index (χ2n) is 16.5. The molecule has 0 bridgehead atoms. The summed E-state index contributed by atoms with van der Waals surface area (Å²) in [6.45, 7) is 7.33. The predicted molar refractivity (Wildman–Crippen MR) is 274 cm³/mol. The molecule has 0 atom stereocenters. The van der Waals surface area contributed by atoms with Crippen LogP contribution in [0.3, 0.4) is 0 Å². The summed E-state index contributed by atoms with van der Waals surface area (Å²) in [5.74, 6) is -0.329. The molecule has 0 saturated heterocycles. The van der Waals surface area contributed by atoms with Gasteiger partial charge >= 0.3 is 35.8 Å². The quantitative estimate of drug-likeness (QED) is 0.0228. The van der Waals surface area contributed by atoms with Gasteiger partial charge in [-0.1, -0.05) is 74.9 Å². The van der Waals surface area contributed by atoms with Gasteiger partial charge in [-0.3, -0.25) is 14.4 Å². The molecule has 3 rings (SSSR count). The van der Waals surface area contributed by atoms with Gasteiger partial charge in [0.05, 0.1) is 39.6 Å². The van der Waals surface area contributed by atoms with E-state index in [0.717, 1.165) is 86.0 Å². The van der Waals surface area contributed by atoms with Crippen molar-refractivity contribution in [2.75, 3.05) is 52.9 Å². The molecule has 0 aliphatic rings. The largest absolute Gasteiger partial charge is 0.494 e. The molecule has 0 N–H and O–H groups in total. The fourth-order valence-corrected chi connectivity index (χ4v) is 6.71. The van der Waals surface area contributed by atoms with Crippen molar-refractivity contribution in [3.63, 3.8) is 0 Å². The molecule has 0 radical (unpaired) electrons. The van der Waals surface area contributed by atoms with E-state index in [1.807, 2.05) is 72.8 Å². The zero-order valence-corrected chi connectivity index (χ0v) is 42.4. The third-order valence-corrected chi connectivity index (χ3v) is 10.5. The number of rotatable bonds is 38. The molecule has 15 nitrogen and oxygen atoms in total. The molecule has 0 amide bonds. The van der Waals surface area contributed by atoms with Gasteiger partial charge in [0.1, 0.15) is 30.5 Å². The van der Waals surface area contributed by atoms with Crippen molar-refractivity contribution >= 4 is 54.0 Å². The van der Waals surface area contributed by atoms with Crippen LogP contribution in [-0.2, 0) is 57.2 Å². The lowest BCUT2D eigenvalue weighted by Crippen LogP contribution is -2.30. The van der Waals surface area contributed by atoms with Gasteiger partial charge in [-0.25, -0.2) is 14.4 Å². The standard InChI is InChI=1S/C57H74O15/c1-4-64-54(60)37-28-45-22-31-48(32-23-45)67-40-16-10-7-13-19-52(58)70-43-51(72-57(63)21-15-9-12-18-42-69-50-35-26-47(27-36-50)30-39-56(62)66-6-3)44-71-53(59)20-14-8-11-17-41-68-49-33-24-46(25-34-49)29-38-55(61)65-5-2/h22-39,51H,4-21,40-44H2,1-3H3. The van der Waals surface area contributed by atoms with Crippen LogP contribution < -0.4 is 14.2 Å². The first kappa shape index (κ1) is 59.4. The van der Waals surface area contributed by atoms with Gasteiger partial charge in [0.15, 0.2) is 6.10 Å². The van der Waals surface area contributed by atoms with Gasteiger partial charge < -0.3 is 42.6 Å². The maximum absolute atomic E-state index is 12.9. The summed E-state index contributed by atoms with van der Waals surface area (Å²) in [7, 11) is 0. The topological polar surface area (TPSA) is 185 Å². The summed E-state index contributed by atoms with van der Waals surface area (Å²) >= 11 is 0. The average molecular weight is 999 g/mol. The fraction of sp³-hybridized carbons (Fsp3) is 0.474. The molecule has 0 saturated carbocycles. The Labute approximate surface area is 425 Å². The van der Waals surface area contributed by atoms with E-state index >= 15 is 0 Å². The van der Waals surface area contributed by atoms with Crippen LogP contribution in [0.1, 0.15) is 134 Å². The lowest BCUT2D eigenvalue weighted by molar-refractivity contribution is -0.167. The van der Waals surface area contributed by atoms with E-state index in [1.54, 1.807) is 39.0 Å². The molecule has 392 valence electrons. The number of carbonyl (C=O) groups is 6. The Morgan fingerprint density at radius 1 is 0.375 bits per heavy atom. The summed E-state index contributed by atoms with van der Waals surface area (Å²) in [6, 6.07) is 22.2. The predicted octanol–water partition coefficient (Wildman–Crippen LogP) is 10.8. The van der Waals surface area contributed by atoms with E-state index in [0.29, 0.717) is 64.7 Å². The fourth-order valence-electron chi connectivity index (χ4n) is 6.71. The summed E-state index contributed by atoms with van der Waals surface area (Å²) in [5.41, 5.74) is 2.56. The number of esters is 6. The molecule has 0 aliphatic carbocycles. The van der Waals surface area contributed by atoms with Crippen LogP contribution in [0.5, 0.6) is 17.2 Å². The van der Waals surface area contributed by atoms with Crippen molar-refractivity contribution in [1.82, 2.24) is 0 Å². The molecule has 72 heavy (non-hydrogen) atoms. The van der Waals surface area contributed by atoms with Gasteiger partial charge in [-0.2, -0.15) is 0 Å². The van der Waals surface area contributed by atoms with E-state index in [4.69, 9.17) is 42.6 Å². The number of ether oxygens (including phenoxy) is 9. The zero-order chi connectivity index (χ0) is 51.9. The smallest absolute Gasteiger partial charge is 0.330 e. The Morgan fingerprint density at radius 2 is 0.667 bits per heavy atom. The maximum Gasteiger partial charge on any atom is 0.330 e. The molecule has 3 aromatic carbocycles. The van der Waals surface area contributed by atoms with Crippen molar-refractivity contribution in [2.45, 2.75) is 123 Å². The van der Waals surface area contributed by atoms with Crippen LogP contribution in [-0.4, -0.2) is 94.8 Å². The highest BCUT2D eigenvalue weighted by Gasteiger charge is 2.20. The minimum absolute atomic E-state index is 0.160. The summed E-state index contributed by atoms with van der Waals surface area (Å²) in [6.07, 6.45) is 17.9. The van der Waals surface area contributed by atoms with Crippen LogP contribution in [0.15, 0.2) is 91.0 Å². The van der Waals surface area contributed by atoms with Gasteiger partial charge in [0.25, 0.3) is 0 Å². The molecule has 0 aliphatic heterocycles. The lowest BCUT2D eigenvalue weighted by atomic mass is 10.1. The van der Waals surface area contributed by atoms with E-state index in [-0.39, 0.29) is 44.4 Å². The molecular weight excluding hydrogens is 925 g/mol. The third kappa shape index (κ3) is 29.3. The number of carbonyl (C=O) groups excluding carboxylic acids is 6. The van der Waals surface area contributed by atoms with Crippen LogP contribution >= 0.6 is 0 Å². The average Bonchev–Trinajstić information content (AvgIpc) is 3.38. The highest BCUT2D eigenvalue weighted by Crippen LogP contribution is 2.18. The molecule has 0 unspecified atom stereocenters. The number of unbranched alkanes of at least 4 members (excludes halogenated alkanes) is 9. The molecule has 3 aromatic rings. The number of benzene rings is 3. The summed E-state index contributed by atoms with van der Waals surface area (Å²) in [5, 5.41) is 0. The summed E-state index contributed by atoms with van der Waals surface area (Å²) < 4.78 is 48.8. The van der Waals surface area contributed by atoms with E-state index in [9.17, 15) is 28.8 Å². The molecule has 0 heterocycles. The maximum atomic E-state index is 12.9. The first-order valence-electron chi connectivity index (χ1n) is 25.3. The first-order valence-corrected chi connectivity index (χ1v) is 25.3. The monoisotopic (exact) mass is 999 g/mol. The van der Waals surface area contributed by atoms with Gasteiger partial charge in [-0.05, 0) is 131 Å². The van der Waals surface area contributed by atoms with Crippen molar-refractivity contribution in [3.05, 3.63) is 108 Å². The van der Waals surface area contributed by atoms with Gasteiger partial charge in [0, 0.05) is 37.5 Å². The highest BCUT2D eigenvalue weighted by molar-refractivity contribution is 5.88. The minimum atomic E-state index is -0.939. The van der Waals surface area contributed by atoms with Gasteiger partial charge in [-0.15, -0.1) is 0 Å². The van der Waals surface area contributed by atoms with Crippen molar-refractivity contribution in [3.8, 4) is 17.2 Å². The van der Waals surface area contributed by atoms with Crippen molar-refractivity contribution in [1.29, 1.82) is 0 Å². The first-order chi connectivity index (χ1) is 35.1. The van der Waals surface area contributed by atoms with Crippen molar-refractivity contribution in [2.24, 2.45) is 0 Å². The van der Waals surface area contributed by atoms with Crippen LogP contribution in [0.2, 0.25) is 0 Å². The minimum Gasteiger partial charge on any atom is -0.494 e.